The lowest BCUT2D eigenvalue weighted by Gasteiger charge is -2.08. The highest BCUT2D eigenvalue weighted by atomic mass is 14.8. The van der Waals surface area contributed by atoms with Crippen molar-refractivity contribution < 1.29 is 0 Å². The second-order valence-electron chi connectivity index (χ2n) is 5.21. The molecule has 1 N–H and O–H groups in total. The van der Waals surface area contributed by atoms with Crippen molar-refractivity contribution >= 4 is 10.8 Å². The van der Waals surface area contributed by atoms with Crippen LogP contribution < -0.4 is 5.32 Å². The summed E-state index contributed by atoms with van der Waals surface area (Å²) in [7, 11) is 0. The Morgan fingerprint density at radius 3 is 2.35 bits per heavy atom. The predicted octanol–water partition coefficient (Wildman–Crippen LogP) is 4.44. The highest BCUT2D eigenvalue weighted by Crippen LogP contribution is 2.15. The van der Waals surface area contributed by atoms with Crippen LogP contribution in [0.25, 0.3) is 10.8 Å². The van der Waals surface area contributed by atoms with Crippen LogP contribution in [-0.4, -0.2) is 0 Å². The maximum Gasteiger partial charge on any atom is 0.0211 e. The first-order valence-corrected chi connectivity index (χ1v) is 7.06. The van der Waals surface area contributed by atoms with Crippen molar-refractivity contribution in [1.82, 2.24) is 5.32 Å². The molecule has 0 aromatic heterocycles. The van der Waals surface area contributed by atoms with E-state index in [-0.39, 0.29) is 0 Å². The fraction of sp³-hybridized carbons (Fsp3) is 0.158. The minimum absolute atomic E-state index is 0.902. The van der Waals surface area contributed by atoms with Gasteiger partial charge in [0.15, 0.2) is 0 Å². The molecule has 0 aliphatic heterocycles. The van der Waals surface area contributed by atoms with Crippen LogP contribution in [0.4, 0.5) is 0 Å². The molecule has 0 fully saturated rings. The van der Waals surface area contributed by atoms with Gasteiger partial charge in [-0.25, -0.2) is 0 Å². The number of rotatable bonds is 4. The number of aryl methyl sites for hydroxylation is 1. The van der Waals surface area contributed by atoms with Crippen molar-refractivity contribution in [2.45, 2.75) is 20.0 Å². The molecule has 1 nitrogen and oxygen atoms in total. The summed E-state index contributed by atoms with van der Waals surface area (Å²) in [5.41, 5.74) is 4.05. The third-order valence-corrected chi connectivity index (χ3v) is 3.72. The Bertz CT molecular complexity index is 716. The Labute approximate surface area is 120 Å². The van der Waals surface area contributed by atoms with Crippen molar-refractivity contribution in [3.63, 3.8) is 0 Å². The number of hydrogen-bond acceptors (Lipinski definition) is 1. The first-order chi connectivity index (χ1) is 9.83. The van der Waals surface area contributed by atoms with Gasteiger partial charge in [0.25, 0.3) is 0 Å². The summed E-state index contributed by atoms with van der Waals surface area (Å²) in [6.45, 7) is 3.98. The molecule has 0 aliphatic carbocycles. The van der Waals surface area contributed by atoms with E-state index >= 15 is 0 Å². The van der Waals surface area contributed by atoms with Gasteiger partial charge in [-0.3, -0.25) is 0 Å². The summed E-state index contributed by atoms with van der Waals surface area (Å²) in [6, 6.07) is 23.7. The number of hydrogen-bond donors (Lipinski definition) is 1. The van der Waals surface area contributed by atoms with Crippen LogP contribution in [0.15, 0.2) is 66.7 Å². The topological polar surface area (TPSA) is 12.0 Å². The van der Waals surface area contributed by atoms with Crippen LogP contribution in [0.2, 0.25) is 0 Å². The van der Waals surface area contributed by atoms with Gasteiger partial charge in [-0.05, 0) is 40.5 Å². The van der Waals surface area contributed by atoms with Gasteiger partial charge in [-0.15, -0.1) is 0 Å². The van der Waals surface area contributed by atoms with E-state index in [9.17, 15) is 0 Å². The van der Waals surface area contributed by atoms with Crippen LogP contribution in [0, 0.1) is 6.92 Å². The maximum atomic E-state index is 3.52. The van der Waals surface area contributed by atoms with Gasteiger partial charge in [0.2, 0.25) is 0 Å². The first-order valence-electron chi connectivity index (χ1n) is 7.06. The molecule has 0 aliphatic rings. The zero-order valence-corrected chi connectivity index (χ0v) is 11.8. The van der Waals surface area contributed by atoms with Gasteiger partial charge in [0, 0.05) is 13.1 Å². The van der Waals surface area contributed by atoms with Crippen LogP contribution in [0.1, 0.15) is 16.7 Å². The van der Waals surface area contributed by atoms with E-state index in [2.05, 4.69) is 79.0 Å². The second-order valence-corrected chi connectivity index (χ2v) is 5.21. The van der Waals surface area contributed by atoms with Crippen molar-refractivity contribution in [1.29, 1.82) is 0 Å². The molecule has 100 valence electrons. The zero-order chi connectivity index (χ0) is 13.8. The molecule has 0 atom stereocenters. The molecular weight excluding hydrogens is 242 g/mol. The fourth-order valence-electron chi connectivity index (χ4n) is 2.50. The van der Waals surface area contributed by atoms with E-state index < -0.39 is 0 Å². The standard InChI is InChI=1S/C19H19N/c1-15-6-2-3-9-19(15)14-20-13-16-10-11-17-7-4-5-8-18(17)12-16/h2-12,20H,13-14H2,1H3. The molecule has 0 spiro atoms. The smallest absolute Gasteiger partial charge is 0.0211 e. The Kier molecular flexibility index (Phi) is 3.80. The number of benzene rings is 3. The molecule has 0 heterocycles. The maximum absolute atomic E-state index is 3.52. The van der Waals surface area contributed by atoms with Gasteiger partial charge in [0.05, 0.1) is 0 Å². The monoisotopic (exact) mass is 261 g/mol. The van der Waals surface area contributed by atoms with E-state index in [0.29, 0.717) is 0 Å². The highest BCUT2D eigenvalue weighted by Gasteiger charge is 1.98. The van der Waals surface area contributed by atoms with Crippen molar-refractivity contribution in [3.8, 4) is 0 Å². The van der Waals surface area contributed by atoms with Crippen LogP contribution in [0.3, 0.4) is 0 Å². The quantitative estimate of drug-likeness (QED) is 0.732. The molecule has 0 unspecified atom stereocenters. The predicted molar refractivity (Wildman–Crippen MR) is 85.7 cm³/mol. The van der Waals surface area contributed by atoms with Gasteiger partial charge in [-0.1, -0.05) is 60.7 Å². The highest BCUT2D eigenvalue weighted by molar-refractivity contribution is 5.82. The lowest BCUT2D eigenvalue weighted by atomic mass is 10.1. The molecule has 0 saturated heterocycles. The van der Waals surface area contributed by atoms with Crippen molar-refractivity contribution in [2.24, 2.45) is 0 Å². The average molecular weight is 261 g/mol. The lowest BCUT2D eigenvalue weighted by molar-refractivity contribution is 0.691. The van der Waals surface area contributed by atoms with Gasteiger partial charge >= 0.3 is 0 Å². The Balaban J connectivity index is 1.67. The fourth-order valence-corrected chi connectivity index (χ4v) is 2.50. The SMILES string of the molecule is Cc1ccccc1CNCc1ccc2ccccc2c1. The number of fused-ring (bicyclic) bond motifs is 1. The van der Waals surface area contributed by atoms with E-state index in [4.69, 9.17) is 0 Å². The van der Waals surface area contributed by atoms with Gasteiger partial charge < -0.3 is 5.32 Å². The summed E-state index contributed by atoms with van der Waals surface area (Å²) in [6.07, 6.45) is 0. The summed E-state index contributed by atoms with van der Waals surface area (Å²) >= 11 is 0. The minimum atomic E-state index is 0.902. The first kappa shape index (κ1) is 12.9. The van der Waals surface area contributed by atoms with Crippen LogP contribution >= 0.6 is 0 Å². The molecule has 0 amide bonds. The third-order valence-electron chi connectivity index (χ3n) is 3.72. The Morgan fingerprint density at radius 2 is 1.50 bits per heavy atom. The Hall–Kier alpha value is -2.12. The Morgan fingerprint density at radius 1 is 0.750 bits per heavy atom. The van der Waals surface area contributed by atoms with E-state index in [1.165, 1.54) is 27.5 Å². The summed E-state index contributed by atoms with van der Waals surface area (Å²) < 4.78 is 0. The van der Waals surface area contributed by atoms with E-state index in [1.807, 2.05) is 0 Å². The van der Waals surface area contributed by atoms with E-state index in [0.717, 1.165) is 13.1 Å². The molecule has 20 heavy (non-hydrogen) atoms. The van der Waals surface area contributed by atoms with Crippen molar-refractivity contribution in [3.05, 3.63) is 83.4 Å². The zero-order valence-electron chi connectivity index (χ0n) is 11.8. The molecule has 1 heteroatoms. The second kappa shape index (κ2) is 5.89. The van der Waals surface area contributed by atoms with Gasteiger partial charge in [-0.2, -0.15) is 0 Å². The molecule has 0 saturated carbocycles. The summed E-state index contributed by atoms with van der Waals surface area (Å²) in [5, 5.41) is 6.13. The molecule has 3 aromatic rings. The largest absolute Gasteiger partial charge is 0.309 e. The van der Waals surface area contributed by atoms with Crippen molar-refractivity contribution in [2.75, 3.05) is 0 Å². The normalized spacial score (nSPS) is 10.8. The van der Waals surface area contributed by atoms with Crippen LogP contribution in [-0.2, 0) is 13.1 Å². The number of nitrogens with one attached hydrogen (secondary N) is 1. The third kappa shape index (κ3) is 2.89. The lowest BCUT2D eigenvalue weighted by Crippen LogP contribution is -2.13. The van der Waals surface area contributed by atoms with Crippen LogP contribution in [0.5, 0.6) is 0 Å². The summed E-state index contributed by atoms with van der Waals surface area (Å²) in [4.78, 5) is 0. The minimum Gasteiger partial charge on any atom is -0.309 e. The van der Waals surface area contributed by atoms with E-state index in [1.54, 1.807) is 0 Å². The molecule has 3 rings (SSSR count). The molecule has 0 radical (unpaired) electrons. The van der Waals surface area contributed by atoms with Gasteiger partial charge in [0.1, 0.15) is 0 Å². The molecular formula is C19H19N. The summed E-state index contributed by atoms with van der Waals surface area (Å²) in [5.74, 6) is 0. The average Bonchev–Trinajstić information content (AvgIpc) is 2.49. The molecule has 0 bridgehead atoms. The molecule has 3 aromatic carbocycles.